The van der Waals surface area contributed by atoms with Crippen molar-refractivity contribution in [1.82, 2.24) is 29.9 Å². The summed E-state index contributed by atoms with van der Waals surface area (Å²) in [5, 5.41) is 8.21. The maximum absolute atomic E-state index is 13.6. The Kier molecular flexibility index (Phi) is 7.29. The topological polar surface area (TPSA) is 86.0 Å². The minimum absolute atomic E-state index is 0.0487. The minimum atomic E-state index is -4.48. The number of nitrogens with zero attached hydrogens (tertiary/aromatic N) is 6. The maximum Gasteiger partial charge on any atom is 0.417 e. The number of rotatable bonds is 8. The first-order valence-electron chi connectivity index (χ1n) is 10.5. The highest BCUT2D eigenvalue weighted by Gasteiger charge is 2.32. The fourth-order valence-corrected chi connectivity index (χ4v) is 3.57. The number of alkyl halides is 3. The van der Waals surface area contributed by atoms with Gasteiger partial charge in [0.2, 0.25) is 5.88 Å². The lowest BCUT2D eigenvalue weighted by molar-refractivity contribution is -0.137. The summed E-state index contributed by atoms with van der Waals surface area (Å²) < 4.78 is 44.2. The average Bonchev–Trinajstić information content (AvgIpc) is 3.31. The van der Waals surface area contributed by atoms with E-state index in [1.807, 2.05) is 13.8 Å². The van der Waals surface area contributed by atoms with E-state index in [0.717, 1.165) is 12.3 Å². The van der Waals surface area contributed by atoms with Crippen molar-refractivity contribution in [3.63, 3.8) is 0 Å². The van der Waals surface area contributed by atoms with Gasteiger partial charge in [-0.15, -0.1) is 4.80 Å². The van der Waals surface area contributed by atoms with Crippen LogP contribution in [0.25, 0.3) is 5.69 Å². The molecule has 0 aromatic carbocycles. The Bertz CT molecular complexity index is 1070. The van der Waals surface area contributed by atoms with E-state index in [1.165, 1.54) is 23.3 Å². The van der Waals surface area contributed by atoms with Gasteiger partial charge in [0.05, 0.1) is 24.0 Å². The quantitative estimate of drug-likeness (QED) is 0.501. The number of carbonyl (C=O) groups is 1. The van der Waals surface area contributed by atoms with Crippen LogP contribution in [0.15, 0.2) is 42.9 Å². The van der Waals surface area contributed by atoms with Gasteiger partial charge in [-0.2, -0.15) is 23.4 Å². The summed E-state index contributed by atoms with van der Waals surface area (Å²) in [5.74, 6) is -0.274. The molecule has 0 saturated carbocycles. The van der Waals surface area contributed by atoms with Crippen LogP contribution < -0.4 is 4.74 Å². The number of likely N-dealkylation sites (N-methyl/N-ethyl adjacent to an activating group) is 1. The van der Waals surface area contributed by atoms with E-state index in [1.54, 1.807) is 30.9 Å². The molecule has 3 rings (SSSR count). The van der Waals surface area contributed by atoms with Crippen LogP contribution in [0.1, 0.15) is 48.9 Å². The number of halogens is 3. The van der Waals surface area contributed by atoms with Gasteiger partial charge < -0.3 is 9.64 Å². The molecule has 0 spiro atoms. The van der Waals surface area contributed by atoms with Gasteiger partial charge in [-0.05, 0) is 45.4 Å². The normalized spacial score (nSPS) is 13.4. The zero-order valence-electron chi connectivity index (χ0n) is 18.7. The van der Waals surface area contributed by atoms with Gasteiger partial charge in [-0.25, -0.2) is 9.97 Å². The molecule has 0 aliphatic carbocycles. The molecule has 3 aromatic heterocycles. The number of carbonyl (C=O) groups excluding carboxylic acids is 1. The first-order chi connectivity index (χ1) is 15.7. The third-order valence-corrected chi connectivity index (χ3v) is 5.18. The maximum atomic E-state index is 13.6. The molecule has 0 bridgehead atoms. The molecule has 2 atom stereocenters. The highest BCUT2D eigenvalue weighted by molar-refractivity contribution is 5.96. The van der Waals surface area contributed by atoms with Crippen LogP contribution in [0.5, 0.6) is 5.88 Å². The largest absolute Gasteiger partial charge is 0.472 e. The summed E-state index contributed by atoms with van der Waals surface area (Å²) in [6.07, 6.45) is -0.731. The van der Waals surface area contributed by atoms with E-state index in [4.69, 9.17) is 4.74 Å². The Morgan fingerprint density at radius 1 is 1.15 bits per heavy atom. The first-order valence-corrected chi connectivity index (χ1v) is 10.5. The molecule has 0 fully saturated rings. The lowest BCUT2D eigenvalue weighted by Crippen LogP contribution is -2.48. The van der Waals surface area contributed by atoms with Crippen molar-refractivity contribution in [3.05, 3.63) is 59.8 Å². The molecule has 0 radical (unpaired) electrons. The second kappa shape index (κ2) is 9.97. The molecule has 33 heavy (non-hydrogen) atoms. The SMILES string of the molecule is CCC(C(C)Oc1ccc(C(F)(F)F)cn1)N(CC)C(=O)c1nc(C)ccc1-n1nccn1. The smallest absolute Gasteiger partial charge is 0.417 e. The minimum Gasteiger partial charge on any atom is -0.472 e. The number of aromatic nitrogens is 5. The fraction of sp³-hybridized carbons (Fsp3) is 0.409. The van der Waals surface area contributed by atoms with Gasteiger partial charge in [0.15, 0.2) is 5.69 Å². The Labute approximate surface area is 189 Å². The van der Waals surface area contributed by atoms with Crippen LogP contribution in [-0.2, 0) is 6.18 Å². The molecule has 1 amide bonds. The van der Waals surface area contributed by atoms with Crippen LogP contribution in [0.2, 0.25) is 0 Å². The molecule has 8 nitrogen and oxygen atoms in total. The number of aryl methyl sites for hydroxylation is 1. The summed E-state index contributed by atoms with van der Waals surface area (Å²) in [6.45, 7) is 7.65. The van der Waals surface area contributed by atoms with Crippen molar-refractivity contribution >= 4 is 5.91 Å². The molecule has 0 saturated heterocycles. The number of hydrogen-bond donors (Lipinski definition) is 0. The summed E-state index contributed by atoms with van der Waals surface area (Å²) >= 11 is 0. The Balaban J connectivity index is 1.85. The second-order valence-corrected chi connectivity index (χ2v) is 7.41. The Morgan fingerprint density at radius 2 is 1.85 bits per heavy atom. The highest BCUT2D eigenvalue weighted by Crippen LogP contribution is 2.29. The van der Waals surface area contributed by atoms with Gasteiger partial charge in [0.25, 0.3) is 5.91 Å². The lowest BCUT2D eigenvalue weighted by atomic mass is 10.1. The van der Waals surface area contributed by atoms with Gasteiger partial charge in [-0.1, -0.05) is 6.92 Å². The van der Waals surface area contributed by atoms with Crippen LogP contribution in [0.4, 0.5) is 13.2 Å². The highest BCUT2D eigenvalue weighted by atomic mass is 19.4. The Hall–Kier alpha value is -3.50. The average molecular weight is 462 g/mol. The first kappa shape index (κ1) is 24.1. The number of hydrogen-bond acceptors (Lipinski definition) is 6. The van der Waals surface area contributed by atoms with Gasteiger partial charge in [0.1, 0.15) is 11.8 Å². The number of pyridine rings is 2. The summed E-state index contributed by atoms with van der Waals surface area (Å²) in [4.78, 5) is 24.7. The third-order valence-electron chi connectivity index (χ3n) is 5.18. The molecular weight excluding hydrogens is 437 g/mol. The van der Waals surface area contributed by atoms with Crippen molar-refractivity contribution in [2.24, 2.45) is 0 Å². The molecule has 11 heteroatoms. The second-order valence-electron chi connectivity index (χ2n) is 7.41. The molecule has 0 N–H and O–H groups in total. The van der Waals surface area contributed by atoms with Gasteiger partial charge in [-0.3, -0.25) is 4.79 Å². The number of amides is 1. The van der Waals surface area contributed by atoms with E-state index in [-0.39, 0.29) is 23.5 Å². The molecular formula is C22H25F3N6O2. The number of ether oxygens (including phenoxy) is 1. The summed E-state index contributed by atoms with van der Waals surface area (Å²) in [6, 6.07) is 5.21. The molecule has 3 heterocycles. The predicted molar refractivity (Wildman–Crippen MR) is 114 cm³/mol. The van der Waals surface area contributed by atoms with E-state index >= 15 is 0 Å². The van der Waals surface area contributed by atoms with Gasteiger partial charge >= 0.3 is 6.18 Å². The van der Waals surface area contributed by atoms with E-state index in [9.17, 15) is 18.0 Å². The van der Waals surface area contributed by atoms with Crippen molar-refractivity contribution in [1.29, 1.82) is 0 Å². The van der Waals surface area contributed by atoms with E-state index < -0.39 is 17.8 Å². The van der Waals surface area contributed by atoms with Crippen LogP contribution in [-0.4, -0.2) is 54.5 Å². The molecule has 0 aliphatic rings. The van der Waals surface area contributed by atoms with Crippen LogP contribution >= 0.6 is 0 Å². The zero-order chi connectivity index (χ0) is 24.2. The van der Waals surface area contributed by atoms with Crippen molar-refractivity contribution in [2.75, 3.05) is 6.54 Å². The van der Waals surface area contributed by atoms with E-state index in [2.05, 4.69) is 20.2 Å². The van der Waals surface area contributed by atoms with Crippen LogP contribution in [0.3, 0.4) is 0 Å². The van der Waals surface area contributed by atoms with E-state index in [0.29, 0.717) is 24.3 Å². The molecule has 3 aromatic rings. The summed E-state index contributed by atoms with van der Waals surface area (Å²) in [7, 11) is 0. The Morgan fingerprint density at radius 3 is 2.39 bits per heavy atom. The lowest BCUT2D eigenvalue weighted by Gasteiger charge is -2.34. The summed E-state index contributed by atoms with van der Waals surface area (Å²) in [5.41, 5.74) is 0.454. The van der Waals surface area contributed by atoms with Crippen molar-refractivity contribution < 1.29 is 22.7 Å². The monoisotopic (exact) mass is 462 g/mol. The van der Waals surface area contributed by atoms with Gasteiger partial charge in [0, 0.05) is 24.5 Å². The fourth-order valence-electron chi connectivity index (χ4n) is 3.57. The molecule has 2 unspecified atom stereocenters. The standard InChI is InChI=1S/C22H25F3N6O2/c1-5-17(15(4)33-19-10-8-16(13-26-19)22(23,24)25)30(6-2)21(32)20-18(9-7-14(3)29-20)31-27-11-12-28-31/h7-13,15,17H,5-6H2,1-4H3. The third kappa shape index (κ3) is 5.47. The van der Waals surface area contributed by atoms with Crippen LogP contribution in [0, 0.1) is 6.92 Å². The predicted octanol–water partition coefficient (Wildman–Crippen LogP) is 4.09. The van der Waals surface area contributed by atoms with Crippen molar-refractivity contribution in [3.8, 4) is 11.6 Å². The zero-order valence-corrected chi connectivity index (χ0v) is 18.7. The molecule has 176 valence electrons. The molecule has 0 aliphatic heterocycles. The van der Waals surface area contributed by atoms with Crippen molar-refractivity contribution in [2.45, 2.75) is 52.4 Å².